The Morgan fingerprint density at radius 3 is 2.41 bits per heavy atom. The molecule has 0 aliphatic carbocycles. The van der Waals surface area contributed by atoms with Gasteiger partial charge in [0.2, 0.25) is 0 Å². The van der Waals surface area contributed by atoms with E-state index in [2.05, 4.69) is 0 Å². The van der Waals surface area contributed by atoms with E-state index >= 15 is 0 Å². The number of aliphatic hydroxyl groups is 1. The van der Waals surface area contributed by atoms with E-state index in [0.717, 1.165) is 5.56 Å². The van der Waals surface area contributed by atoms with Gasteiger partial charge in [0.05, 0.1) is 6.61 Å². The zero-order valence-electron chi connectivity index (χ0n) is 10.8. The van der Waals surface area contributed by atoms with Crippen LogP contribution in [0, 0.1) is 5.92 Å². The van der Waals surface area contributed by atoms with E-state index in [4.69, 9.17) is 5.11 Å². The molecule has 1 rings (SSSR count). The monoisotopic (exact) mass is 235 g/mol. The predicted octanol–water partition coefficient (Wildman–Crippen LogP) is 1.82. The van der Waals surface area contributed by atoms with Crippen LogP contribution in [0.5, 0.6) is 0 Å². The molecule has 0 spiro atoms. The summed E-state index contributed by atoms with van der Waals surface area (Å²) in [6.45, 7) is 4.65. The zero-order valence-corrected chi connectivity index (χ0v) is 10.8. The van der Waals surface area contributed by atoms with Crippen LogP contribution in [-0.4, -0.2) is 42.0 Å². The summed E-state index contributed by atoms with van der Waals surface area (Å²) in [5.41, 5.74) is 0.755. The number of ketones is 1. The van der Waals surface area contributed by atoms with Gasteiger partial charge in [-0.1, -0.05) is 37.3 Å². The molecular formula is C14H21NO2. The maximum Gasteiger partial charge on any atom is 0.166 e. The molecule has 0 fully saturated rings. The zero-order chi connectivity index (χ0) is 12.8. The Labute approximate surface area is 103 Å². The molecule has 1 aromatic carbocycles. The second-order valence-electron chi connectivity index (χ2n) is 4.60. The van der Waals surface area contributed by atoms with E-state index in [-0.39, 0.29) is 24.3 Å². The number of hydrogen-bond donors (Lipinski definition) is 1. The minimum Gasteiger partial charge on any atom is -0.395 e. The molecule has 0 aromatic heterocycles. The first-order valence-corrected chi connectivity index (χ1v) is 5.96. The topological polar surface area (TPSA) is 40.5 Å². The van der Waals surface area contributed by atoms with Crippen LogP contribution in [0.2, 0.25) is 0 Å². The van der Waals surface area contributed by atoms with Crippen molar-refractivity contribution >= 4 is 5.78 Å². The van der Waals surface area contributed by atoms with Crippen LogP contribution in [0.4, 0.5) is 0 Å². The predicted molar refractivity (Wildman–Crippen MR) is 69.1 cm³/mol. The second-order valence-corrected chi connectivity index (χ2v) is 4.60. The molecule has 94 valence electrons. The van der Waals surface area contributed by atoms with Crippen LogP contribution in [0.15, 0.2) is 30.3 Å². The Bertz CT molecular complexity index is 350. The van der Waals surface area contributed by atoms with Crippen molar-refractivity contribution in [3.05, 3.63) is 35.9 Å². The number of likely N-dealkylation sites (N-methyl/N-ethyl adjacent to an activating group) is 1. The molecule has 1 N–H and O–H groups in total. The molecule has 3 heteroatoms. The van der Waals surface area contributed by atoms with E-state index in [1.807, 2.05) is 56.1 Å². The molecule has 0 saturated carbocycles. The minimum atomic E-state index is -0.0589. The quantitative estimate of drug-likeness (QED) is 0.765. The Morgan fingerprint density at radius 2 is 1.88 bits per heavy atom. The number of nitrogens with zero attached hydrogens (tertiary/aromatic N) is 1. The van der Waals surface area contributed by atoms with E-state index in [1.54, 1.807) is 0 Å². The van der Waals surface area contributed by atoms with Gasteiger partial charge in [0, 0.05) is 24.1 Å². The van der Waals surface area contributed by atoms with Crippen molar-refractivity contribution in [2.24, 2.45) is 5.92 Å². The number of hydrogen-bond acceptors (Lipinski definition) is 3. The van der Waals surface area contributed by atoms with Crippen LogP contribution in [0.1, 0.15) is 24.2 Å². The van der Waals surface area contributed by atoms with Crippen molar-refractivity contribution in [1.82, 2.24) is 4.90 Å². The Hall–Kier alpha value is -1.19. The molecule has 0 aliphatic heterocycles. The first-order chi connectivity index (χ1) is 8.06. The molecule has 0 aliphatic rings. The van der Waals surface area contributed by atoms with Gasteiger partial charge in [0.25, 0.3) is 0 Å². The summed E-state index contributed by atoms with van der Waals surface area (Å²) >= 11 is 0. The summed E-state index contributed by atoms with van der Waals surface area (Å²) in [5, 5.41) is 9.05. The molecular weight excluding hydrogens is 214 g/mol. The highest BCUT2D eigenvalue weighted by Gasteiger charge is 2.18. The lowest BCUT2D eigenvalue weighted by molar-refractivity contribution is 0.0863. The first kappa shape index (κ1) is 13.9. The summed E-state index contributed by atoms with van der Waals surface area (Å²) in [6.07, 6.45) is 0. The lowest BCUT2D eigenvalue weighted by atomic mass is 9.98. The highest BCUT2D eigenvalue weighted by atomic mass is 16.3. The molecule has 2 unspecified atom stereocenters. The fraction of sp³-hybridized carbons (Fsp3) is 0.500. The molecule has 2 atom stereocenters. The number of aliphatic hydroxyl groups excluding tert-OH is 1. The van der Waals surface area contributed by atoms with E-state index < -0.39 is 0 Å². The molecule has 0 bridgehead atoms. The molecule has 3 nitrogen and oxygen atoms in total. The van der Waals surface area contributed by atoms with Crippen LogP contribution in [0.25, 0.3) is 0 Å². The lowest BCUT2D eigenvalue weighted by Gasteiger charge is -2.25. The van der Waals surface area contributed by atoms with Gasteiger partial charge >= 0.3 is 0 Å². The Kier molecular flexibility index (Phi) is 5.32. The van der Waals surface area contributed by atoms with Crippen molar-refractivity contribution in [3.63, 3.8) is 0 Å². The average Bonchev–Trinajstić information content (AvgIpc) is 2.37. The van der Waals surface area contributed by atoms with Crippen LogP contribution in [0.3, 0.4) is 0 Å². The fourth-order valence-corrected chi connectivity index (χ4v) is 1.72. The Balaban J connectivity index is 2.59. The highest BCUT2D eigenvalue weighted by molar-refractivity contribution is 5.97. The number of benzene rings is 1. The third-order valence-corrected chi connectivity index (χ3v) is 3.08. The smallest absolute Gasteiger partial charge is 0.166 e. The summed E-state index contributed by atoms with van der Waals surface area (Å²) in [5.74, 6) is 0.0963. The van der Waals surface area contributed by atoms with Crippen LogP contribution >= 0.6 is 0 Å². The third kappa shape index (κ3) is 3.95. The van der Waals surface area contributed by atoms with Gasteiger partial charge in [0.15, 0.2) is 5.78 Å². The van der Waals surface area contributed by atoms with Gasteiger partial charge in [0.1, 0.15) is 0 Å². The second kappa shape index (κ2) is 6.52. The summed E-state index contributed by atoms with van der Waals surface area (Å²) in [6, 6.07) is 9.42. The number of rotatable bonds is 6. The van der Waals surface area contributed by atoms with Crippen molar-refractivity contribution in [2.45, 2.75) is 19.9 Å². The van der Waals surface area contributed by atoms with Crippen molar-refractivity contribution in [1.29, 1.82) is 0 Å². The summed E-state index contributed by atoms with van der Waals surface area (Å²) in [4.78, 5) is 14.1. The number of Topliss-reactive ketones (excluding diaryl/α,β-unsaturated/α-hetero) is 1. The van der Waals surface area contributed by atoms with Crippen molar-refractivity contribution < 1.29 is 9.90 Å². The van der Waals surface area contributed by atoms with Crippen LogP contribution in [-0.2, 0) is 0 Å². The van der Waals surface area contributed by atoms with E-state index in [0.29, 0.717) is 6.54 Å². The maximum atomic E-state index is 12.1. The minimum absolute atomic E-state index is 0.0589. The largest absolute Gasteiger partial charge is 0.395 e. The van der Waals surface area contributed by atoms with Crippen molar-refractivity contribution in [2.75, 3.05) is 20.2 Å². The van der Waals surface area contributed by atoms with Crippen molar-refractivity contribution in [3.8, 4) is 0 Å². The maximum absolute atomic E-state index is 12.1. The van der Waals surface area contributed by atoms with E-state index in [1.165, 1.54) is 0 Å². The number of carbonyl (C=O) groups is 1. The van der Waals surface area contributed by atoms with Gasteiger partial charge in [-0.3, -0.25) is 4.79 Å². The molecule has 0 amide bonds. The Morgan fingerprint density at radius 1 is 1.29 bits per heavy atom. The molecule has 0 radical (unpaired) electrons. The lowest BCUT2D eigenvalue weighted by Crippen LogP contribution is -2.37. The SMILES string of the molecule is CC(CN(C)C(C)CO)C(=O)c1ccccc1. The third-order valence-electron chi connectivity index (χ3n) is 3.08. The molecule has 1 aromatic rings. The van der Waals surface area contributed by atoms with E-state index in [9.17, 15) is 4.79 Å². The molecule has 17 heavy (non-hydrogen) atoms. The fourth-order valence-electron chi connectivity index (χ4n) is 1.72. The molecule has 0 saturated heterocycles. The van der Waals surface area contributed by atoms with Gasteiger partial charge in [-0.25, -0.2) is 0 Å². The number of carbonyl (C=O) groups excluding carboxylic acids is 1. The van der Waals surface area contributed by atoms with Gasteiger partial charge in [-0.2, -0.15) is 0 Å². The molecule has 0 heterocycles. The van der Waals surface area contributed by atoms with Gasteiger partial charge in [-0.05, 0) is 14.0 Å². The first-order valence-electron chi connectivity index (χ1n) is 5.96. The standard InChI is InChI=1S/C14H21NO2/c1-11(9-15(3)12(2)10-16)14(17)13-7-5-4-6-8-13/h4-8,11-12,16H,9-10H2,1-3H3. The van der Waals surface area contributed by atoms with Gasteiger partial charge < -0.3 is 10.0 Å². The average molecular weight is 235 g/mol. The highest BCUT2D eigenvalue weighted by Crippen LogP contribution is 2.10. The summed E-state index contributed by atoms with van der Waals surface area (Å²) < 4.78 is 0. The van der Waals surface area contributed by atoms with Gasteiger partial charge in [-0.15, -0.1) is 0 Å². The normalized spacial score (nSPS) is 14.6. The summed E-state index contributed by atoms with van der Waals surface area (Å²) in [7, 11) is 1.93. The van der Waals surface area contributed by atoms with Crippen LogP contribution < -0.4 is 0 Å².